The Morgan fingerprint density at radius 3 is 2.56 bits per heavy atom. The van der Waals surface area contributed by atoms with Crippen molar-refractivity contribution in [2.75, 3.05) is 20.8 Å². The Kier molecular flexibility index (Phi) is 5.74. The van der Waals surface area contributed by atoms with Crippen molar-refractivity contribution in [1.29, 1.82) is 0 Å². The lowest BCUT2D eigenvalue weighted by Crippen LogP contribution is -2.03. The lowest BCUT2D eigenvalue weighted by atomic mass is 10.00. The Morgan fingerprint density at radius 1 is 1.33 bits per heavy atom. The van der Waals surface area contributed by atoms with Crippen molar-refractivity contribution < 1.29 is 18.3 Å². The maximum atomic E-state index is 13.1. The maximum Gasteiger partial charge on any atom is 0.267 e. The van der Waals surface area contributed by atoms with Gasteiger partial charge in [-0.3, -0.25) is 0 Å². The number of hydrogen-bond acceptors (Lipinski definition) is 3. The summed E-state index contributed by atoms with van der Waals surface area (Å²) in [5, 5.41) is 0. The first-order valence-electron chi connectivity index (χ1n) is 5.49. The van der Waals surface area contributed by atoms with E-state index in [0.717, 1.165) is 0 Å². The third-order valence-electron chi connectivity index (χ3n) is 2.51. The molecular weight excluding hydrogens is 240 g/mol. The molecule has 0 bridgehead atoms. The van der Waals surface area contributed by atoms with Gasteiger partial charge in [-0.15, -0.1) is 0 Å². The summed E-state index contributed by atoms with van der Waals surface area (Å²) in [6.07, 6.45) is 0.798. The van der Waals surface area contributed by atoms with Gasteiger partial charge in [0.1, 0.15) is 5.75 Å². The van der Waals surface area contributed by atoms with Crippen molar-refractivity contribution in [1.82, 2.24) is 0 Å². The van der Waals surface area contributed by atoms with E-state index in [2.05, 4.69) is 0 Å². The smallest absolute Gasteiger partial charge is 0.267 e. The Hall–Kier alpha value is -1.46. The average Bonchev–Trinajstić information content (AvgIpc) is 2.36. The molecule has 1 aromatic carbocycles. The van der Waals surface area contributed by atoms with Gasteiger partial charge in [-0.25, -0.2) is 8.78 Å². The molecule has 0 heterocycles. The minimum Gasteiger partial charge on any atom is -0.496 e. The van der Waals surface area contributed by atoms with Gasteiger partial charge in [-0.05, 0) is 17.2 Å². The van der Waals surface area contributed by atoms with Crippen LogP contribution in [-0.4, -0.2) is 20.8 Å². The minimum atomic E-state index is -2.61. The van der Waals surface area contributed by atoms with Gasteiger partial charge in [0.2, 0.25) is 0 Å². The molecule has 2 N–H and O–H groups in total. The number of methoxy groups -OCH3 is 2. The highest BCUT2D eigenvalue weighted by Crippen LogP contribution is 2.35. The van der Waals surface area contributed by atoms with Crippen LogP contribution in [-0.2, 0) is 11.3 Å². The third-order valence-corrected chi connectivity index (χ3v) is 2.51. The van der Waals surface area contributed by atoms with Gasteiger partial charge in [-0.2, -0.15) is 0 Å². The van der Waals surface area contributed by atoms with Gasteiger partial charge >= 0.3 is 0 Å². The molecule has 0 fully saturated rings. The highest BCUT2D eigenvalue weighted by molar-refractivity contribution is 5.59. The van der Waals surface area contributed by atoms with Crippen LogP contribution in [0.25, 0.3) is 6.08 Å². The first kappa shape index (κ1) is 14.6. The zero-order valence-electron chi connectivity index (χ0n) is 10.5. The topological polar surface area (TPSA) is 44.5 Å². The van der Waals surface area contributed by atoms with Crippen LogP contribution in [0, 0.1) is 0 Å². The number of rotatable bonds is 6. The lowest BCUT2D eigenvalue weighted by molar-refractivity contribution is 0.137. The van der Waals surface area contributed by atoms with Gasteiger partial charge in [0.15, 0.2) is 0 Å². The molecular formula is C13H17F2NO2. The second-order valence-corrected chi connectivity index (χ2v) is 3.62. The van der Waals surface area contributed by atoms with Crippen LogP contribution in [0.2, 0.25) is 0 Å². The summed E-state index contributed by atoms with van der Waals surface area (Å²) in [4.78, 5) is 0. The number of ether oxygens (including phenoxy) is 2. The van der Waals surface area contributed by atoms with Gasteiger partial charge in [-0.1, -0.05) is 18.2 Å². The summed E-state index contributed by atoms with van der Waals surface area (Å²) in [6, 6.07) is 3.24. The van der Waals surface area contributed by atoms with Crippen molar-refractivity contribution >= 4 is 6.08 Å². The van der Waals surface area contributed by atoms with Crippen LogP contribution in [0.5, 0.6) is 5.75 Å². The molecule has 1 aromatic rings. The van der Waals surface area contributed by atoms with Gasteiger partial charge < -0.3 is 15.2 Å². The number of hydrogen-bond donors (Lipinski definition) is 1. The molecule has 0 aliphatic rings. The molecule has 18 heavy (non-hydrogen) atoms. The van der Waals surface area contributed by atoms with E-state index in [0.29, 0.717) is 17.7 Å². The molecule has 0 spiro atoms. The van der Waals surface area contributed by atoms with Crippen molar-refractivity contribution in [3.05, 3.63) is 34.9 Å². The quantitative estimate of drug-likeness (QED) is 0.852. The van der Waals surface area contributed by atoms with Gasteiger partial charge in [0.25, 0.3) is 6.43 Å². The molecule has 5 heteroatoms. The number of benzene rings is 1. The Labute approximate surface area is 105 Å². The second kappa shape index (κ2) is 7.08. The van der Waals surface area contributed by atoms with Gasteiger partial charge in [0, 0.05) is 13.7 Å². The summed E-state index contributed by atoms with van der Waals surface area (Å²) >= 11 is 0. The second-order valence-electron chi connectivity index (χ2n) is 3.62. The number of halogens is 2. The monoisotopic (exact) mass is 257 g/mol. The molecule has 0 amide bonds. The summed E-state index contributed by atoms with van der Waals surface area (Å²) in [5.74, 6) is 0.168. The number of nitrogens with two attached hydrogens (primary N) is 1. The Bertz CT molecular complexity index is 420. The van der Waals surface area contributed by atoms with Crippen LogP contribution in [0.1, 0.15) is 23.1 Å². The Balaban J connectivity index is 3.36. The highest BCUT2D eigenvalue weighted by Gasteiger charge is 2.20. The fourth-order valence-electron chi connectivity index (χ4n) is 1.73. The number of alkyl halides is 2. The molecule has 0 saturated heterocycles. The maximum absolute atomic E-state index is 13.1. The first-order chi connectivity index (χ1) is 8.65. The highest BCUT2D eigenvalue weighted by atomic mass is 19.3. The molecule has 0 aliphatic heterocycles. The summed E-state index contributed by atoms with van der Waals surface area (Å²) < 4.78 is 36.2. The van der Waals surface area contributed by atoms with E-state index in [4.69, 9.17) is 15.2 Å². The molecule has 0 radical (unpaired) electrons. The molecule has 3 nitrogen and oxygen atoms in total. The van der Waals surface area contributed by atoms with E-state index in [1.165, 1.54) is 20.3 Å². The summed E-state index contributed by atoms with van der Waals surface area (Å²) in [6.45, 7) is 0.448. The van der Waals surface area contributed by atoms with Crippen molar-refractivity contribution in [2.45, 2.75) is 13.0 Å². The predicted octanol–water partition coefficient (Wildman–Crippen LogP) is 2.75. The predicted molar refractivity (Wildman–Crippen MR) is 66.8 cm³/mol. The van der Waals surface area contributed by atoms with E-state index in [1.54, 1.807) is 18.2 Å². The van der Waals surface area contributed by atoms with E-state index >= 15 is 0 Å². The van der Waals surface area contributed by atoms with Crippen LogP contribution < -0.4 is 10.5 Å². The standard InChI is InChI=1S/C13H17F2NO2/c1-17-8-10-9(4-3-7-16)5-6-11(18-2)12(10)13(14)15/h3-6,13H,7-8,16H2,1-2H3. The Morgan fingerprint density at radius 2 is 2.06 bits per heavy atom. The van der Waals surface area contributed by atoms with Crippen LogP contribution in [0.4, 0.5) is 8.78 Å². The average molecular weight is 257 g/mol. The first-order valence-corrected chi connectivity index (χ1v) is 5.49. The normalized spacial score (nSPS) is 11.4. The molecule has 100 valence electrons. The van der Waals surface area contributed by atoms with Crippen molar-refractivity contribution in [3.63, 3.8) is 0 Å². The van der Waals surface area contributed by atoms with E-state index < -0.39 is 6.43 Å². The molecule has 0 atom stereocenters. The lowest BCUT2D eigenvalue weighted by Gasteiger charge is -2.15. The summed E-state index contributed by atoms with van der Waals surface area (Å²) in [5.41, 5.74) is 6.33. The fourth-order valence-corrected chi connectivity index (χ4v) is 1.73. The largest absolute Gasteiger partial charge is 0.496 e. The van der Waals surface area contributed by atoms with E-state index in [9.17, 15) is 8.78 Å². The van der Waals surface area contributed by atoms with E-state index in [1.807, 2.05) is 0 Å². The fraction of sp³-hybridized carbons (Fsp3) is 0.385. The van der Waals surface area contributed by atoms with Crippen LogP contribution in [0.15, 0.2) is 18.2 Å². The minimum absolute atomic E-state index is 0.0983. The zero-order chi connectivity index (χ0) is 13.5. The molecule has 0 aliphatic carbocycles. The molecule has 0 saturated carbocycles. The van der Waals surface area contributed by atoms with Gasteiger partial charge in [0.05, 0.1) is 19.3 Å². The van der Waals surface area contributed by atoms with E-state index in [-0.39, 0.29) is 17.9 Å². The molecule has 0 aromatic heterocycles. The molecule has 0 unspecified atom stereocenters. The molecule has 1 rings (SSSR count). The zero-order valence-corrected chi connectivity index (χ0v) is 10.5. The summed E-state index contributed by atoms with van der Waals surface area (Å²) in [7, 11) is 2.83. The van der Waals surface area contributed by atoms with Crippen LogP contribution >= 0.6 is 0 Å². The van der Waals surface area contributed by atoms with Crippen molar-refractivity contribution in [3.8, 4) is 5.75 Å². The third kappa shape index (κ3) is 3.27. The SMILES string of the molecule is COCc1c(C=CCN)ccc(OC)c1C(F)F. The van der Waals surface area contributed by atoms with Crippen molar-refractivity contribution in [2.24, 2.45) is 5.73 Å². The van der Waals surface area contributed by atoms with Crippen LogP contribution in [0.3, 0.4) is 0 Å².